The standard InChI is InChI=1S/C34H36N2O10/c1-4-29(38)43-21-44-31-30(39)27(46-32(31)36-19-18-28(37)35-33(36)40)20-45-34(22-8-6-5-7-9-22,23-10-14-25(41-2)15-11-23)24-12-16-26(42-3)17-13-24/h5-19,27,30-32,39H,4,20-21H2,1-3H3,(H,35,37,40)/t27-,30-,31-,32-/m1/s1. The Balaban J connectivity index is 1.54. The van der Waals surface area contributed by atoms with Crippen molar-refractivity contribution >= 4 is 5.97 Å². The molecule has 4 atom stereocenters. The number of rotatable bonds is 13. The zero-order chi connectivity index (χ0) is 32.7. The predicted octanol–water partition coefficient (Wildman–Crippen LogP) is 3.12. The van der Waals surface area contributed by atoms with Crippen LogP contribution in [0.3, 0.4) is 0 Å². The van der Waals surface area contributed by atoms with Gasteiger partial charge >= 0.3 is 11.7 Å². The van der Waals surface area contributed by atoms with E-state index >= 15 is 0 Å². The molecule has 0 amide bonds. The van der Waals surface area contributed by atoms with Crippen LogP contribution in [0.25, 0.3) is 0 Å². The summed E-state index contributed by atoms with van der Waals surface area (Å²) >= 11 is 0. The lowest BCUT2D eigenvalue weighted by Crippen LogP contribution is -2.41. The van der Waals surface area contributed by atoms with E-state index in [-0.39, 0.29) is 13.0 Å². The number of aromatic amines is 1. The molecule has 1 aliphatic rings. The Morgan fingerprint density at radius 3 is 2.02 bits per heavy atom. The molecule has 1 fully saturated rings. The Morgan fingerprint density at radius 2 is 1.48 bits per heavy atom. The largest absolute Gasteiger partial charge is 0.497 e. The lowest BCUT2D eigenvalue weighted by atomic mass is 9.80. The molecule has 242 valence electrons. The van der Waals surface area contributed by atoms with Crippen molar-refractivity contribution < 1.29 is 38.3 Å². The van der Waals surface area contributed by atoms with Crippen LogP contribution in [0.5, 0.6) is 11.5 Å². The average Bonchev–Trinajstić information content (AvgIpc) is 3.40. The van der Waals surface area contributed by atoms with Gasteiger partial charge in [-0.05, 0) is 41.0 Å². The van der Waals surface area contributed by atoms with Crippen LogP contribution in [-0.4, -0.2) is 66.6 Å². The number of carbonyl (C=O) groups excluding carboxylic acids is 1. The van der Waals surface area contributed by atoms with Gasteiger partial charge in [-0.25, -0.2) is 4.79 Å². The summed E-state index contributed by atoms with van der Waals surface area (Å²) in [5.74, 6) is 0.818. The minimum absolute atomic E-state index is 0.130. The fourth-order valence-corrected chi connectivity index (χ4v) is 5.45. The predicted molar refractivity (Wildman–Crippen MR) is 166 cm³/mol. The topological polar surface area (TPSA) is 148 Å². The van der Waals surface area contributed by atoms with Crippen molar-refractivity contribution in [2.24, 2.45) is 0 Å². The second kappa shape index (κ2) is 14.6. The highest BCUT2D eigenvalue weighted by atomic mass is 16.7. The summed E-state index contributed by atoms with van der Waals surface area (Å²) in [5, 5.41) is 11.5. The molecule has 1 aromatic heterocycles. The summed E-state index contributed by atoms with van der Waals surface area (Å²) < 4.78 is 35.8. The van der Waals surface area contributed by atoms with E-state index in [1.165, 1.54) is 6.20 Å². The number of aliphatic hydroxyl groups is 1. The third-order valence-corrected chi connectivity index (χ3v) is 7.84. The summed E-state index contributed by atoms with van der Waals surface area (Å²) in [4.78, 5) is 38.4. The van der Waals surface area contributed by atoms with Gasteiger partial charge in [0, 0.05) is 18.7 Å². The van der Waals surface area contributed by atoms with Crippen LogP contribution in [0.2, 0.25) is 0 Å². The van der Waals surface area contributed by atoms with Crippen molar-refractivity contribution in [3.8, 4) is 11.5 Å². The molecule has 0 radical (unpaired) electrons. The van der Waals surface area contributed by atoms with Crippen LogP contribution in [0.15, 0.2) is 101 Å². The van der Waals surface area contributed by atoms with Gasteiger partial charge in [0.25, 0.3) is 5.56 Å². The van der Waals surface area contributed by atoms with E-state index < -0.39 is 54.2 Å². The van der Waals surface area contributed by atoms with E-state index in [1.54, 1.807) is 21.1 Å². The van der Waals surface area contributed by atoms with Gasteiger partial charge < -0.3 is 33.5 Å². The Bertz CT molecular complexity index is 1660. The van der Waals surface area contributed by atoms with Gasteiger partial charge in [0.2, 0.25) is 0 Å². The molecule has 1 aliphatic heterocycles. The molecule has 0 bridgehead atoms. The first-order chi connectivity index (χ1) is 22.3. The lowest BCUT2D eigenvalue weighted by molar-refractivity contribution is -0.171. The number of aliphatic hydroxyl groups excluding tert-OH is 1. The number of benzene rings is 3. The first-order valence-electron chi connectivity index (χ1n) is 14.7. The van der Waals surface area contributed by atoms with E-state index in [4.69, 9.17) is 28.4 Å². The zero-order valence-electron chi connectivity index (χ0n) is 25.7. The van der Waals surface area contributed by atoms with Gasteiger partial charge in [0.15, 0.2) is 13.0 Å². The Kier molecular flexibility index (Phi) is 10.3. The third kappa shape index (κ3) is 6.75. The van der Waals surface area contributed by atoms with E-state index in [2.05, 4.69) is 4.98 Å². The summed E-state index contributed by atoms with van der Waals surface area (Å²) in [6, 6.07) is 25.7. The maximum absolute atomic E-state index is 12.7. The van der Waals surface area contributed by atoms with Crippen LogP contribution in [0.4, 0.5) is 0 Å². The van der Waals surface area contributed by atoms with Crippen molar-refractivity contribution in [3.63, 3.8) is 0 Å². The van der Waals surface area contributed by atoms with Crippen LogP contribution in [-0.2, 0) is 29.3 Å². The number of methoxy groups -OCH3 is 2. The first kappa shape index (κ1) is 32.6. The fourth-order valence-electron chi connectivity index (χ4n) is 5.45. The van der Waals surface area contributed by atoms with Gasteiger partial charge in [-0.1, -0.05) is 61.5 Å². The molecule has 12 nitrogen and oxygen atoms in total. The molecule has 2 heterocycles. The molecule has 4 aromatic rings. The molecular formula is C34H36N2O10. The zero-order valence-corrected chi connectivity index (χ0v) is 25.7. The smallest absolute Gasteiger partial charge is 0.330 e. The number of nitrogens with zero attached hydrogens (tertiary/aromatic N) is 1. The first-order valence-corrected chi connectivity index (χ1v) is 14.7. The summed E-state index contributed by atoms with van der Waals surface area (Å²) in [7, 11) is 3.17. The third-order valence-electron chi connectivity index (χ3n) is 7.84. The van der Waals surface area contributed by atoms with E-state index in [1.807, 2.05) is 78.9 Å². The van der Waals surface area contributed by atoms with Crippen molar-refractivity contribution in [3.05, 3.63) is 129 Å². The van der Waals surface area contributed by atoms with Crippen molar-refractivity contribution in [2.45, 2.75) is 43.5 Å². The second-order valence-corrected chi connectivity index (χ2v) is 10.5. The van der Waals surface area contributed by atoms with Crippen molar-refractivity contribution in [2.75, 3.05) is 27.6 Å². The molecule has 3 aromatic carbocycles. The van der Waals surface area contributed by atoms with Gasteiger partial charge in [0.1, 0.15) is 35.4 Å². The van der Waals surface area contributed by atoms with E-state index in [9.17, 15) is 19.5 Å². The number of hydrogen-bond acceptors (Lipinski definition) is 10. The quantitative estimate of drug-likeness (QED) is 0.128. The monoisotopic (exact) mass is 632 g/mol. The molecule has 0 spiro atoms. The van der Waals surface area contributed by atoms with Crippen LogP contribution >= 0.6 is 0 Å². The van der Waals surface area contributed by atoms with E-state index in [0.717, 1.165) is 27.3 Å². The number of nitrogens with one attached hydrogen (secondary N) is 1. The summed E-state index contributed by atoms with van der Waals surface area (Å²) in [5.41, 5.74) is -0.232. The minimum atomic E-state index is -1.33. The number of aromatic nitrogens is 2. The molecule has 46 heavy (non-hydrogen) atoms. The van der Waals surface area contributed by atoms with E-state index in [0.29, 0.717) is 11.5 Å². The Labute approximate surface area is 265 Å². The fraction of sp³-hybridized carbons (Fsp3) is 0.324. The minimum Gasteiger partial charge on any atom is -0.497 e. The van der Waals surface area contributed by atoms with Crippen LogP contribution < -0.4 is 20.7 Å². The number of ether oxygens (including phenoxy) is 6. The average molecular weight is 633 g/mol. The number of carbonyl (C=O) groups is 1. The maximum Gasteiger partial charge on any atom is 0.330 e. The Morgan fingerprint density at radius 1 is 0.891 bits per heavy atom. The normalized spacial score (nSPS) is 19.5. The molecular weight excluding hydrogens is 596 g/mol. The van der Waals surface area contributed by atoms with Crippen molar-refractivity contribution in [1.29, 1.82) is 0 Å². The molecule has 5 rings (SSSR count). The van der Waals surface area contributed by atoms with Crippen LogP contribution in [0, 0.1) is 0 Å². The summed E-state index contributed by atoms with van der Waals surface area (Å²) in [6.07, 6.45) is -3.31. The number of H-pyrrole nitrogens is 1. The molecule has 0 aliphatic carbocycles. The lowest BCUT2D eigenvalue weighted by Gasteiger charge is -2.37. The highest BCUT2D eigenvalue weighted by molar-refractivity contribution is 5.68. The van der Waals surface area contributed by atoms with Gasteiger partial charge in [-0.2, -0.15) is 0 Å². The molecule has 1 saturated heterocycles. The Hall–Kier alpha value is -4.75. The molecule has 0 unspecified atom stereocenters. The molecule has 12 heteroatoms. The van der Waals surface area contributed by atoms with Crippen molar-refractivity contribution in [1.82, 2.24) is 9.55 Å². The van der Waals surface area contributed by atoms with Gasteiger partial charge in [-0.3, -0.25) is 19.1 Å². The maximum atomic E-state index is 12.7. The number of esters is 1. The molecule has 0 saturated carbocycles. The van der Waals surface area contributed by atoms with Gasteiger partial charge in [-0.15, -0.1) is 0 Å². The van der Waals surface area contributed by atoms with Gasteiger partial charge in [0.05, 0.1) is 20.8 Å². The molecule has 2 N–H and O–H groups in total. The second-order valence-electron chi connectivity index (χ2n) is 10.5. The number of hydrogen-bond donors (Lipinski definition) is 2. The highest BCUT2D eigenvalue weighted by Crippen LogP contribution is 2.43. The summed E-state index contributed by atoms with van der Waals surface area (Å²) in [6.45, 7) is 0.986. The highest BCUT2D eigenvalue weighted by Gasteiger charge is 2.48. The SMILES string of the molecule is CCC(=O)OCO[C@@H]1[C@H](O)[C@@H](COC(c2ccccc2)(c2ccc(OC)cc2)c2ccc(OC)cc2)O[C@H]1n1ccc(=O)[nH]c1=O. The van der Waals surface area contributed by atoms with Crippen LogP contribution in [0.1, 0.15) is 36.3 Å².